The number of hydrogen-bond donors (Lipinski definition) is 0. The van der Waals surface area contributed by atoms with Gasteiger partial charge in [-0.05, 0) is 32.0 Å². The van der Waals surface area contributed by atoms with E-state index >= 15 is 0 Å². The van der Waals surface area contributed by atoms with Crippen LogP contribution < -0.4 is 9.47 Å². The summed E-state index contributed by atoms with van der Waals surface area (Å²) in [4.78, 5) is 7.20. The SMILES string of the molecule is CCOS(=O)(=O)[O-].CC[n+]1c2ccccc2nc2ccc(N3CCOCC3)cc21. The van der Waals surface area contributed by atoms with Gasteiger partial charge in [0.05, 0.1) is 19.8 Å². The first-order valence-corrected chi connectivity index (χ1v) is 10.9. The van der Waals surface area contributed by atoms with Gasteiger partial charge in [-0.25, -0.2) is 13.4 Å². The Balaban J connectivity index is 0.000000298. The summed E-state index contributed by atoms with van der Waals surface area (Å²) in [6.07, 6.45) is 0. The molecule has 2 heterocycles. The smallest absolute Gasteiger partial charge is 0.233 e. The van der Waals surface area contributed by atoms with Crippen LogP contribution in [0.1, 0.15) is 13.8 Å². The molecule has 0 atom stereocenters. The van der Waals surface area contributed by atoms with Gasteiger partial charge in [0, 0.05) is 30.9 Å². The number of aromatic nitrogens is 2. The molecule has 29 heavy (non-hydrogen) atoms. The molecule has 0 radical (unpaired) electrons. The Morgan fingerprint density at radius 2 is 1.79 bits per heavy atom. The summed E-state index contributed by atoms with van der Waals surface area (Å²) < 4.78 is 39.8. The van der Waals surface area contributed by atoms with Gasteiger partial charge >= 0.3 is 0 Å². The third-order valence-electron chi connectivity index (χ3n) is 4.62. The molecule has 0 bridgehead atoms. The second-order valence-corrected chi connectivity index (χ2v) is 7.48. The van der Waals surface area contributed by atoms with Crippen LogP contribution in [0.3, 0.4) is 0 Å². The standard InChI is InChI=1S/C18H20N3O.C2H6O4S/c1-2-21-17-6-4-3-5-15(17)19-16-8-7-14(13-18(16)21)20-9-11-22-12-10-20;1-2-6-7(3,4)5/h3-8,13H,2,9-12H2,1H3;2H2,1H3,(H,3,4,5)/q+1;/p-1. The number of para-hydroxylation sites is 2. The largest absolute Gasteiger partial charge is 0.726 e. The zero-order valence-electron chi connectivity index (χ0n) is 16.6. The van der Waals surface area contributed by atoms with Crippen LogP contribution in [0.4, 0.5) is 5.69 Å². The molecule has 1 aliphatic rings. The van der Waals surface area contributed by atoms with Gasteiger partial charge in [0.1, 0.15) is 17.6 Å². The molecule has 0 amide bonds. The van der Waals surface area contributed by atoms with Crippen molar-refractivity contribution in [3.63, 3.8) is 0 Å². The molecule has 0 saturated carbocycles. The van der Waals surface area contributed by atoms with E-state index in [9.17, 15) is 13.0 Å². The van der Waals surface area contributed by atoms with Crippen molar-refractivity contribution < 1.29 is 26.5 Å². The molecule has 4 rings (SSSR count). The number of fused-ring (bicyclic) bond motifs is 2. The molecule has 1 saturated heterocycles. The van der Waals surface area contributed by atoms with Gasteiger partial charge in [-0.3, -0.25) is 4.18 Å². The summed E-state index contributed by atoms with van der Waals surface area (Å²) in [6, 6.07) is 14.9. The third kappa shape index (κ3) is 5.39. The number of rotatable bonds is 4. The van der Waals surface area contributed by atoms with Crippen molar-refractivity contribution in [1.29, 1.82) is 0 Å². The van der Waals surface area contributed by atoms with E-state index in [2.05, 4.69) is 57.0 Å². The fourth-order valence-corrected chi connectivity index (χ4v) is 3.66. The fourth-order valence-electron chi connectivity index (χ4n) is 3.37. The molecule has 8 nitrogen and oxygen atoms in total. The first-order valence-electron chi connectivity index (χ1n) is 9.58. The highest BCUT2D eigenvalue weighted by Crippen LogP contribution is 2.22. The van der Waals surface area contributed by atoms with Crippen LogP contribution in [0.2, 0.25) is 0 Å². The fraction of sp³-hybridized carbons (Fsp3) is 0.400. The van der Waals surface area contributed by atoms with Crippen LogP contribution in [0, 0.1) is 0 Å². The number of ether oxygens (including phenoxy) is 1. The highest BCUT2D eigenvalue weighted by atomic mass is 32.3. The van der Waals surface area contributed by atoms with Crippen LogP contribution in [0.15, 0.2) is 42.5 Å². The Morgan fingerprint density at radius 1 is 1.10 bits per heavy atom. The van der Waals surface area contributed by atoms with Gasteiger partial charge < -0.3 is 14.2 Å². The van der Waals surface area contributed by atoms with Crippen LogP contribution in [-0.4, -0.2) is 50.9 Å². The van der Waals surface area contributed by atoms with E-state index in [0.29, 0.717) is 0 Å². The monoisotopic (exact) mass is 419 g/mol. The number of benzene rings is 2. The second-order valence-electron chi connectivity index (χ2n) is 6.43. The highest BCUT2D eigenvalue weighted by Gasteiger charge is 2.18. The lowest BCUT2D eigenvalue weighted by atomic mass is 10.2. The van der Waals surface area contributed by atoms with Gasteiger partial charge in [-0.15, -0.1) is 0 Å². The summed E-state index contributed by atoms with van der Waals surface area (Å²) in [5, 5.41) is 0. The molecule has 0 N–H and O–H groups in total. The molecular formula is C20H25N3O5S. The van der Waals surface area contributed by atoms with Gasteiger partial charge in [0.15, 0.2) is 0 Å². The number of aryl methyl sites for hydroxylation is 1. The van der Waals surface area contributed by atoms with Crippen molar-refractivity contribution in [3.05, 3.63) is 42.5 Å². The van der Waals surface area contributed by atoms with Crippen molar-refractivity contribution in [2.45, 2.75) is 20.4 Å². The normalized spacial score (nSPS) is 14.7. The maximum absolute atomic E-state index is 9.45. The average molecular weight is 420 g/mol. The van der Waals surface area contributed by atoms with Crippen LogP contribution in [0.5, 0.6) is 0 Å². The maximum atomic E-state index is 9.45. The van der Waals surface area contributed by atoms with E-state index in [1.54, 1.807) is 0 Å². The predicted molar refractivity (Wildman–Crippen MR) is 109 cm³/mol. The zero-order chi connectivity index (χ0) is 20.9. The van der Waals surface area contributed by atoms with E-state index in [4.69, 9.17) is 9.72 Å². The molecule has 1 aromatic heterocycles. The summed E-state index contributed by atoms with van der Waals surface area (Å²) in [5.74, 6) is 0. The molecule has 0 unspecified atom stereocenters. The Labute approximate surface area is 170 Å². The summed E-state index contributed by atoms with van der Waals surface area (Å²) >= 11 is 0. The van der Waals surface area contributed by atoms with E-state index in [1.165, 1.54) is 23.6 Å². The minimum absolute atomic E-state index is 0.0914. The van der Waals surface area contributed by atoms with E-state index in [-0.39, 0.29) is 6.61 Å². The lowest BCUT2D eigenvalue weighted by Crippen LogP contribution is -2.37. The predicted octanol–water partition coefficient (Wildman–Crippen LogP) is 2.02. The maximum Gasteiger partial charge on any atom is 0.233 e. The first-order chi connectivity index (χ1) is 13.9. The highest BCUT2D eigenvalue weighted by molar-refractivity contribution is 7.80. The first kappa shape index (κ1) is 21.4. The van der Waals surface area contributed by atoms with Crippen molar-refractivity contribution in [1.82, 2.24) is 4.98 Å². The second kappa shape index (κ2) is 9.45. The molecular weight excluding hydrogens is 394 g/mol. The lowest BCUT2D eigenvalue weighted by molar-refractivity contribution is -0.641. The Morgan fingerprint density at radius 3 is 2.41 bits per heavy atom. The molecule has 156 valence electrons. The number of nitrogens with zero attached hydrogens (tertiary/aromatic N) is 3. The summed E-state index contributed by atoms with van der Waals surface area (Å²) in [5.41, 5.74) is 5.76. The van der Waals surface area contributed by atoms with Gasteiger partial charge in [-0.2, -0.15) is 4.57 Å². The zero-order valence-corrected chi connectivity index (χ0v) is 17.4. The number of anilines is 1. The topological polar surface area (TPSA) is 95.7 Å². The van der Waals surface area contributed by atoms with E-state index in [1.807, 2.05) is 6.07 Å². The van der Waals surface area contributed by atoms with E-state index in [0.717, 1.165) is 43.9 Å². The Kier molecular flexibility index (Phi) is 6.96. The van der Waals surface area contributed by atoms with Crippen molar-refractivity contribution in [3.8, 4) is 0 Å². The molecule has 2 aromatic carbocycles. The Bertz CT molecular complexity index is 1080. The molecule has 0 aliphatic carbocycles. The van der Waals surface area contributed by atoms with E-state index < -0.39 is 10.4 Å². The third-order valence-corrected chi connectivity index (χ3v) is 5.14. The van der Waals surface area contributed by atoms with Crippen LogP contribution in [0.25, 0.3) is 22.1 Å². The van der Waals surface area contributed by atoms with Crippen LogP contribution >= 0.6 is 0 Å². The average Bonchev–Trinajstić information content (AvgIpc) is 2.72. The minimum Gasteiger partial charge on any atom is -0.726 e. The van der Waals surface area contributed by atoms with Crippen LogP contribution in [-0.2, 0) is 25.9 Å². The Hall–Kier alpha value is -2.33. The summed E-state index contributed by atoms with van der Waals surface area (Å²) in [7, 11) is -4.42. The molecule has 1 fully saturated rings. The number of morpholine rings is 1. The van der Waals surface area contributed by atoms with Crippen molar-refractivity contribution >= 4 is 38.2 Å². The van der Waals surface area contributed by atoms with Gasteiger partial charge in [0.25, 0.3) is 0 Å². The van der Waals surface area contributed by atoms with Gasteiger partial charge in [0.2, 0.25) is 21.4 Å². The minimum atomic E-state index is -4.42. The quantitative estimate of drug-likeness (QED) is 0.276. The molecule has 9 heteroatoms. The lowest BCUT2D eigenvalue weighted by Gasteiger charge is -2.28. The molecule has 3 aromatic rings. The van der Waals surface area contributed by atoms with Crippen molar-refractivity contribution in [2.24, 2.45) is 0 Å². The van der Waals surface area contributed by atoms with Crippen molar-refractivity contribution in [2.75, 3.05) is 37.8 Å². The molecule has 1 aliphatic heterocycles. The van der Waals surface area contributed by atoms with Gasteiger partial charge in [-0.1, -0.05) is 12.1 Å². The molecule has 0 spiro atoms. The summed E-state index contributed by atoms with van der Waals surface area (Å²) in [6.45, 7) is 7.99. The number of hydrogen-bond acceptors (Lipinski definition) is 7.